The molecule has 1 fully saturated rings. The SMILES string of the molecule is CC1CCC(Oc2nc3c(cc2C#N)CCCC3)CC1C. The van der Waals surface area contributed by atoms with Crippen molar-refractivity contribution in [3.8, 4) is 11.9 Å². The van der Waals surface area contributed by atoms with E-state index in [0.29, 0.717) is 17.4 Å². The first-order valence-electron chi connectivity index (χ1n) is 8.27. The molecular weight excluding hydrogens is 260 g/mol. The van der Waals surface area contributed by atoms with E-state index in [4.69, 9.17) is 4.74 Å². The van der Waals surface area contributed by atoms with Crippen LogP contribution in [0.2, 0.25) is 0 Å². The third-order valence-electron chi connectivity index (χ3n) is 5.21. The van der Waals surface area contributed by atoms with Crippen LogP contribution >= 0.6 is 0 Å². The van der Waals surface area contributed by atoms with E-state index in [1.165, 1.54) is 24.8 Å². The van der Waals surface area contributed by atoms with E-state index in [0.717, 1.165) is 37.3 Å². The maximum atomic E-state index is 9.37. The second-order valence-corrected chi connectivity index (χ2v) is 6.77. The average Bonchev–Trinajstić information content (AvgIpc) is 2.50. The Bertz CT molecular complexity index is 561. The van der Waals surface area contributed by atoms with Gasteiger partial charge in [-0.1, -0.05) is 13.8 Å². The number of nitriles is 1. The molecule has 0 radical (unpaired) electrons. The normalized spacial score (nSPS) is 28.5. The van der Waals surface area contributed by atoms with Crippen LogP contribution in [0, 0.1) is 23.2 Å². The van der Waals surface area contributed by atoms with Crippen LogP contribution in [0.5, 0.6) is 5.88 Å². The molecule has 0 aromatic carbocycles. The molecule has 3 heteroatoms. The van der Waals surface area contributed by atoms with Crippen molar-refractivity contribution in [2.45, 2.75) is 64.9 Å². The maximum absolute atomic E-state index is 9.37. The Labute approximate surface area is 127 Å². The van der Waals surface area contributed by atoms with Gasteiger partial charge in [-0.15, -0.1) is 0 Å². The molecule has 3 rings (SSSR count). The summed E-state index contributed by atoms with van der Waals surface area (Å²) in [4.78, 5) is 4.68. The highest BCUT2D eigenvalue weighted by Crippen LogP contribution is 2.33. The molecule has 0 saturated heterocycles. The molecule has 2 aliphatic carbocycles. The van der Waals surface area contributed by atoms with Crippen LogP contribution in [-0.4, -0.2) is 11.1 Å². The van der Waals surface area contributed by atoms with Gasteiger partial charge >= 0.3 is 0 Å². The number of aromatic nitrogens is 1. The van der Waals surface area contributed by atoms with Gasteiger partial charge in [0, 0.05) is 5.69 Å². The number of aryl methyl sites for hydroxylation is 2. The molecule has 0 spiro atoms. The van der Waals surface area contributed by atoms with Crippen LogP contribution in [0.25, 0.3) is 0 Å². The van der Waals surface area contributed by atoms with E-state index in [1.807, 2.05) is 6.07 Å². The first-order chi connectivity index (χ1) is 10.2. The molecule has 1 saturated carbocycles. The molecule has 2 aliphatic rings. The Morgan fingerprint density at radius 1 is 1.19 bits per heavy atom. The predicted molar refractivity (Wildman–Crippen MR) is 82.2 cm³/mol. The van der Waals surface area contributed by atoms with E-state index in [-0.39, 0.29) is 6.10 Å². The smallest absolute Gasteiger partial charge is 0.232 e. The largest absolute Gasteiger partial charge is 0.473 e. The highest BCUT2D eigenvalue weighted by molar-refractivity contribution is 5.43. The van der Waals surface area contributed by atoms with Gasteiger partial charge in [0.2, 0.25) is 5.88 Å². The van der Waals surface area contributed by atoms with Gasteiger partial charge in [0.15, 0.2) is 0 Å². The fourth-order valence-electron chi connectivity index (χ4n) is 3.55. The summed E-state index contributed by atoms with van der Waals surface area (Å²) in [6.07, 6.45) is 8.06. The van der Waals surface area contributed by atoms with E-state index in [1.54, 1.807) is 0 Å². The van der Waals surface area contributed by atoms with Gasteiger partial charge in [-0.25, -0.2) is 4.98 Å². The molecule has 0 aliphatic heterocycles. The molecule has 1 heterocycles. The minimum Gasteiger partial charge on any atom is -0.473 e. The molecule has 112 valence electrons. The molecule has 0 bridgehead atoms. The molecule has 3 atom stereocenters. The number of hydrogen-bond acceptors (Lipinski definition) is 3. The van der Waals surface area contributed by atoms with Crippen molar-refractivity contribution in [3.05, 3.63) is 22.9 Å². The summed E-state index contributed by atoms with van der Waals surface area (Å²) in [5.41, 5.74) is 3.00. The molecule has 1 aromatic rings. The zero-order valence-corrected chi connectivity index (χ0v) is 13.1. The summed E-state index contributed by atoms with van der Waals surface area (Å²) in [7, 11) is 0. The van der Waals surface area contributed by atoms with Gasteiger partial charge in [-0.05, 0) is 68.4 Å². The lowest BCUT2D eigenvalue weighted by molar-refractivity contribution is 0.0959. The van der Waals surface area contributed by atoms with Crippen molar-refractivity contribution >= 4 is 0 Å². The van der Waals surface area contributed by atoms with Crippen molar-refractivity contribution in [2.75, 3.05) is 0 Å². The Morgan fingerprint density at radius 3 is 2.76 bits per heavy atom. The molecular formula is C18H24N2O. The fourth-order valence-corrected chi connectivity index (χ4v) is 3.55. The predicted octanol–water partition coefficient (Wildman–Crippen LogP) is 4.04. The summed E-state index contributed by atoms with van der Waals surface area (Å²) in [5.74, 6) is 2.04. The highest BCUT2D eigenvalue weighted by Gasteiger charge is 2.27. The first-order valence-corrected chi connectivity index (χ1v) is 8.27. The van der Waals surface area contributed by atoms with Crippen LogP contribution < -0.4 is 4.74 Å². The number of rotatable bonds is 2. The quantitative estimate of drug-likeness (QED) is 0.823. The second kappa shape index (κ2) is 6.05. The summed E-state index contributed by atoms with van der Waals surface area (Å²) < 4.78 is 6.13. The summed E-state index contributed by atoms with van der Waals surface area (Å²) in [5, 5.41) is 9.37. The van der Waals surface area contributed by atoms with Crippen molar-refractivity contribution in [1.29, 1.82) is 5.26 Å². The fraction of sp³-hybridized carbons (Fsp3) is 0.667. The Balaban J connectivity index is 1.80. The molecule has 3 unspecified atom stereocenters. The van der Waals surface area contributed by atoms with Crippen molar-refractivity contribution in [3.63, 3.8) is 0 Å². The van der Waals surface area contributed by atoms with Gasteiger partial charge in [-0.3, -0.25) is 0 Å². The van der Waals surface area contributed by atoms with E-state index >= 15 is 0 Å². The summed E-state index contributed by atoms with van der Waals surface area (Å²) in [6.45, 7) is 4.62. The van der Waals surface area contributed by atoms with Gasteiger partial charge in [0.05, 0.1) is 0 Å². The van der Waals surface area contributed by atoms with Crippen molar-refractivity contribution < 1.29 is 4.74 Å². The van der Waals surface area contributed by atoms with Crippen LogP contribution in [0.1, 0.15) is 62.8 Å². The Kier molecular flexibility index (Phi) is 4.14. The van der Waals surface area contributed by atoms with E-state index in [9.17, 15) is 5.26 Å². The van der Waals surface area contributed by atoms with Gasteiger partial charge in [-0.2, -0.15) is 5.26 Å². The lowest BCUT2D eigenvalue weighted by atomic mass is 9.80. The minimum atomic E-state index is 0.220. The molecule has 0 N–H and O–H groups in total. The molecule has 1 aromatic heterocycles. The van der Waals surface area contributed by atoms with Crippen molar-refractivity contribution in [2.24, 2.45) is 11.8 Å². The highest BCUT2D eigenvalue weighted by atomic mass is 16.5. The lowest BCUT2D eigenvalue weighted by Crippen LogP contribution is -2.29. The average molecular weight is 284 g/mol. The zero-order valence-electron chi connectivity index (χ0n) is 13.1. The van der Waals surface area contributed by atoms with Gasteiger partial charge < -0.3 is 4.74 Å². The number of fused-ring (bicyclic) bond motifs is 1. The first kappa shape index (κ1) is 14.4. The topological polar surface area (TPSA) is 45.9 Å². The van der Waals surface area contributed by atoms with Crippen molar-refractivity contribution in [1.82, 2.24) is 4.98 Å². The van der Waals surface area contributed by atoms with Crippen LogP contribution in [0.4, 0.5) is 0 Å². The minimum absolute atomic E-state index is 0.220. The summed E-state index contributed by atoms with van der Waals surface area (Å²) in [6, 6.07) is 4.27. The van der Waals surface area contributed by atoms with Crippen LogP contribution in [0.3, 0.4) is 0 Å². The lowest BCUT2D eigenvalue weighted by Gasteiger charge is -2.32. The molecule has 3 nitrogen and oxygen atoms in total. The monoisotopic (exact) mass is 284 g/mol. The van der Waals surface area contributed by atoms with Gasteiger partial charge in [0.25, 0.3) is 0 Å². The zero-order chi connectivity index (χ0) is 14.8. The third kappa shape index (κ3) is 3.05. The van der Waals surface area contributed by atoms with Crippen LogP contribution in [0.15, 0.2) is 6.07 Å². The standard InChI is InChI=1S/C18H24N2O/c1-12-7-8-16(9-13(12)2)21-18-15(11-19)10-14-5-3-4-6-17(14)20-18/h10,12-13,16H,3-9H2,1-2H3. The van der Waals surface area contributed by atoms with Gasteiger partial charge in [0.1, 0.15) is 17.7 Å². The second-order valence-electron chi connectivity index (χ2n) is 6.77. The maximum Gasteiger partial charge on any atom is 0.232 e. The third-order valence-corrected chi connectivity index (χ3v) is 5.21. The number of hydrogen-bond donors (Lipinski definition) is 0. The molecule has 21 heavy (non-hydrogen) atoms. The number of pyridine rings is 1. The van der Waals surface area contributed by atoms with E-state index in [2.05, 4.69) is 24.9 Å². The molecule has 0 amide bonds. The number of ether oxygens (including phenoxy) is 1. The van der Waals surface area contributed by atoms with Crippen LogP contribution in [-0.2, 0) is 12.8 Å². The summed E-state index contributed by atoms with van der Waals surface area (Å²) >= 11 is 0. The van der Waals surface area contributed by atoms with E-state index < -0.39 is 0 Å². The number of nitrogens with zero attached hydrogens (tertiary/aromatic N) is 2. The Hall–Kier alpha value is -1.56. The Morgan fingerprint density at radius 2 is 2.00 bits per heavy atom.